The summed E-state index contributed by atoms with van der Waals surface area (Å²) in [6, 6.07) is 28.1. The first-order chi connectivity index (χ1) is 33.3. The number of benzene rings is 4. The van der Waals surface area contributed by atoms with Crippen LogP contribution >= 0.6 is 15.9 Å². The molecule has 71 heavy (non-hydrogen) atoms. The molecular formula is C50H55BrF6N6O6S2. The fourth-order valence-corrected chi connectivity index (χ4v) is 8.32. The summed E-state index contributed by atoms with van der Waals surface area (Å²) < 4.78 is 133. The van der Waals surface area contributed by atoms with E-state index in [0.717, 1.165) is 56.8 Å². The van der Waals surface area contributed by atoms with Gasteiger partial charge in [0, 0.05) is 40.8 Å². The first-order valence-corrected chi connectivity index (χ1v) is 25.4. The molecule has 12 nitrogen and oxygen atoms in total. The number of aromatic nitrogens is 4. The number of nitrogens with one attached hydrogen (secondary N) is 1. The molecule has 21 heteroatoms. The van der Waals surface area contributed by atoms with Crippen molar-refractivity contribution in [2.75, 3.05) is 26.4 Å². The van der Waals surface area contributed by atoms with E-state index in [1.807, 2.05) is 104 Å². The third kappa shape index (κ3) is 14.7. The second kappa shape index (κ2) is 22.7. The zero-order valence-corrected chi connectivity index (χ0v) is 43.5. The molecule has 0 amide bonds. The number of hydrogen-bond donors (Lipinski definition) is 1. The standard InChI is InChI=1S/C25H28F3N3O3S.C18H14BrF3N2O.C7H13NO2S/c1-5-31-22(34-20-11-9-18(10-12-20)25(26,27)28)14-21(29-31)17-7-6-8-19(13-17)24(15-33-16-24)30-35(32)23(2,3)4;1-2-24-17(11-16(23-24)12-4-3-5-14(19)10-12)25-15-8-6-13(7-9-15)18(20,21)22;1-7(2,3)11(9)8-6-4-10-5-6/h6-14,30H,5,15-16H2,1-4H3;3-11H,2H2,1H3;4-5H2,1-3H3. The molecule has 4 heterocycles. The monoisotopic (exact) mass is 1090 g/mol. The van der Waals surface area contributed by atoms with Gasteiger partial charge in [-0.1, -0.05) is 46.3 Å². The van der Waals surface area contributed by atoms with Crippen molar-refractivity contribution in [3.8, 4) is 45.8 Å². The number of rotatable bonds is 12. The Morgan fingerprint density at radius 1 is 0.662 bits per heavy atom. The van der Waals surface area contributed by atoms with Crippen molar-refractivity contribution in [1.29, 1.82) is 0 Å². The van der Waals surface area contributed by atoms with Crippen LogP contribution in [-0.4, -0.2) is 69.6 Å². The van der Waals surface area contributed by atoms with Crippen molar-refractivity contribution >= 4 is 43.6 Å². The lowest BCUT2D eigenvalue weighted by Gasteiger charge is -2.43. The van der Waals surface area contributed by atoms with E-state index in [1.54, 1.807) is 21.5 Å². The highest BCUT2D eigenvalue weighted by Crippen LogP contribution is 2.37. The molecule has 0 saturated carbocycles. The summed E-state index contributed by atoms with van der Waals surface area (Å²) in [6.07, 6.45) is -8.77. The molecular weight excluding hydrogens is 1040 g/mol. The number of hydrogen-bond acceptors (Lipinski definition) is 8. The zero-order valence-electron chi connectivity index (χ0n) is 40.3. The van der Waals surface area contributed by atoms with Crippen LogP contribution in [0.3, 0.4) is 0 Å². The molecule has 0 aliphatic carbocycles. The summed E-state index contributed by atoms with van der Waals surface area (Å²) in [4.78, 5) is 0. The smallest absolute Gasteiger partial charge is 0.416 e. The van der Waals surface area contributed by atoms with E-state index < -0.39 is 55.7 Å². The molecule has 2 aliphatic heterocycles. The maximum Gasteiger partial charge on any atom is 0.416 e. The van der Waals surface area contributed by atoms with Gasteiger partial charge < -0.3 is 18.9 Å². The lowest BCUT2D eigenvalue weighted by molar-refractivity contribution is -0.138. The van der Waals surface area contributed by atoms with Crippen LogP contribution in [-0.2, 0) is 62.4 Å². The van der Waals surface area contributed by atoms with Crippen LogP contribution in [0.15, 0.2) is 118 Å². The Morgan fingerprint density at radius 3 is 1.49 bits per heavy atom. The van der Waals surface area contributed by atoms with Crippen molar-refractivity contribution in [2.24, 2.45) is 4.40 Å². The van der Waals surface area contributed by atoms with Gasteiger partial charge in [-0.2, -0.15) is 40.9 Å². The maximum absolute atomic E-state index is 12.8. The van der Waals surface area contributed by atoms with Crippen molar-refractivity contribution in [3.05, 3.63) is 130 Å². The number of ether oxygens (including phenoxy) is 4. The summed E-state index contributed by atoms with van der Waals surface area (Å²) in [5, 5.41) is 9.10. The topological polar surface area (TPSA) is 131 Å². The van der Waals surface area contributed by atoms with Crippen LogP contribution in [0.4, 0.5) is 26.3 Å². The number of alkyl halides is 6. The molecule has 0 radical (unpaired) electrons. The van der Waals surface area contributed by atoms with Gasteiger partial charge in [-0.25, -0.2) is 22.5 Å². The minimum atomic E-state index is -4.40. The van der Waals surface area contributed by atoms with Gasteiger partial charge in [-0.15, -0.1) is 0 Å². The van der Waals surface area contributed by atoms with Crippen LogP contribution in [0.25, 0.3) is 22.5 Å². The molecule has 2 aromatic heterocycles. The van der Waals surface area contributed by atoms with Gasteiger partial charge in [-0.3, -0.25) is 0 Å². The minimum Gasteiger partial charge on any atom is -0.439 e. The quantitative estimate of drug-likeness (QED) is 0.120. The van der Waals surface area contributed by atoms with Crippen LogP contribution in [0, 0.1) is 0 Å². The van der Waals surface area contributed by atoms with Gasteiger partial charge in [0.25, 0.3) is 0 Å². The average molecular weight is 1090 g/mol. The number of halogens is 7. The summed E-state index contributed by atoms with van der Waals surface area (Å²) in [7, 11) is -2.39. The first kappa shape index (κ1) is 55.1. The number of nitrogens with zero attached hydrogens (tertiary/aromatic N) is 5. The minimum absolute atomic E-state index is 0.247. The van der Waals surface area contributed by atoms with Gasteiger partial charge in [0.05, 0.1) is 75.1 Å². The van der Waals surface area contributed by atoms with Crippen LogP contribution < -0.4 is 14.2 Å². The summed E-state index contributed by atoms with van der Waals surface area (Å²) >= 11 is 3.42. The summed E-state index contributed by atoms with van der Waals surface area (Å²) in [5.74, 6) is 1.49. The largest absolute Gasteiger partial charge is 0.439 e. The van der Waals surface area contributed by atoms with Crippen molar-refractivity contribution in [1.82, 2.24) is 24.3 Å². The molecule has 6 aromatic rings. The van der Waals surface area contributed by atoms with Crippen LogP contribution in [0.1, 0.15) is 72.1 Å². The highest BCUT2D eigenvalue weighted by molar-refractivity contribution is 9.10. The van der Waals surface area contributed by atoms with Crippen LogP contribution in [0.2, 0.25) is 0 Å². The predicted octanol–water partition coefficient (Wildman–Crippen LogP) is 12.7. The van der Waals surface area contributed by atoms with E-state index in [2.05, 4.69) is 35.2 Å². The number of aryl methyl sites for hydroxylation is 2. The zero-order chi connectivity index (χ0) is 51.9. The first-order valence-electron chi connectivity index (χ1n) is 22.3. The summed E-state index contributed by atoms with van der Waals surface area (Å²) in [6.45, 7) is 18.3. The van der Waals surface area contributed by atoms with E-state index in [9.17, 15) is 34.8 Å². The van der Waals surface area contributed by atoms with Crippen molar-refractivity contribution < 1.29 is 53.7 Å². The molecule has 1 N–H and O–H groups in total. The molecule has 2 fully saturated rings. The molecule has 2 atom stereocenters. The molecule has 0 spiro atoms. The Balaban J connectivity index is 0.000000198. The molecule has 0 bridgehead atoms. The lowest BCUT2D eigenvalue weighted by Crippen LogP contribution is -2.59. The Morgan fingerprint density at radius 2 is 1.13 bits per heavy atom. The summed E-state index contributed by atoms with van der Waals surface area (Å²) in [5.41, 5.74) is 2.99. The Kier molecular flexibility index (Phi) is 17.6. The van der Waals surface area contributed by atoms with Gasteiger partial charge in [0.1, 0.15) is 28.0 Å². The second-order valence-corrected chi connectivity index (χ2v) is 23.1. The van der Waals surface area contributed by atoms with Gasteiger partial charge in [0.2, 0.25) is 11.8 Å². The molecule has 2 aliphatic rings. The molecule has 8 rings (SSSR count). The highest BCUT2D eigenvalue weighted by atomic mass is 79.9. The van der Waals surface area contributed by atoms with E-state index in [-0.39, 0.29) is 10.5 Å². The fourth-order valence-electron chi connectivity index (χ4n) is 6.41. The van der Waals surface area contributed by atoms with Crippen LogP contribution in [0.5, 0.6) is 23.3 Å². The Labute approximate surface area is 422 Å². The Bertz CT molecular complexity index is 2830. The molecule has 4 aromatic carbocycles. The van der Waals surface area contributed by atoms with Gasteiger partial charge in [-0.05, 0) is 128 Å². The Hall–Kier alpha value is -5.19. The van der Waals surface area contributed by atoms with Crippen molar-refractivity contribution in [2.45, 2.75) is 95.9 Å². The van der Waals surface area contributed by atoms with Gasteiger partial charge in [0.15, 0.2) is 0 Å². The van der Waals surface area contributed by atoms with Gasteiger partial charge >= 0.3 is 12.4 Å². The van der Waals surface area contributed by atoms with E-state index in [4.69, 9.17) is 18.9 Å². The highest BCUT2D eigenvalue weighted by Gasteiger charge is 2.43. The van der Waals surface area contributed by atoms with E-state index in [1.165, 1.54) is 24.3 Å². The second-order valence-electron chi connectivity index (χ2n) is 18.3. The predicted molar refractivity (Wildman–Crippen MR) is 267 cm³/mol. The molecule has 2 saturated heterocycles. The lowest BCUT2D eigenvalue weighted by atomic mass is 9.88. The third-order valence-corrected chi connectivity index (χ3v) is 14.2. The van der Waals surface area contributed by atoms with E-state index in [0.29, 0.717) is 62.7 Å². The normalized spacial score (nSPS) is 15.5. The fraction of sp³-hybridized carbons (Fsp3) is 0.380. The molecule has 2 unspecified atom stereocenters. The van der Waals surface area contributed by atoms with E-state index >= 15 is 0 Å². The third-order valence-electron chi connectivity index (χ3n) is 10.5. The average Bonchev–Trinajstić information content (AvgIpc) is 3.89. The molecule has 382 valence electrons. The van der Waals surface area contributed by atoms with Crippen molar-refractivity contribution in [3.63, 3.8) is 0 Å². The maximum atomic E-state index is 12.8. The SMILES string of the molecule is CC(C)(C)S(=O)N=C1COC1.CCn1nc(-c2cccc(Br)c2)cc1Oc1ccc(C(F)(F)F)cc1.CCn1nc(-c2cccc(C3(NS(=O)C(C)(C)C)COC3)c2)cc1Oc1ccc(C(F)(F)F)cc1.